The van der Waals surface area contributed by atoms with Gasteiger partial charge >= 0.3 is 12.1 Å². The normalized spacial score (nSPS) is 9.21. The molecule has 0 unspecified atom stereocenters. The van der Waals surface area contributed by atoms with Gasteiger partial charge in [-0.3, -0.25) is 10.1 Å². The Bertz CT molecular complexity index is 324. The first-order valence-electron chi connectivity index (χ1n) is 3.99. The fraction of sp³-hybridized carbons (Fsp3) is 0.111. The van der Waals surface area contributed by atoms with Crippen molar-refractivity contribution in [2.24, 2.45) is 5.73 Å². The largest absolute Gasteiger partial charge is 0.419 e. The van der Waals surface area contributed by atoms with Gasteiger partial charge < -0.3 is 10.5 Å². The van der Waals surface area contributed by atoms with Crippen LogP contribution in [0.5, 0.6) is 0 Å². The summed E-state index contributed by atoms with van der Waals surface area (Å²) in [4.78, 5) is 21.6. The molecule has 5 heteroatoms. The smallest absolute Gasteiger partial charge is 0.375 e. The molecule has 0 heterocycles. The number of anilines is 1. The average molecular weight is 194 g/mol. The van der Waals surface area contributed by atoms with Crippen LogP contribution in [0.25, 0.3) is 0 Å². The van der Waals surface area contributed by atoms with Crippen LogP contribution in [0.1, 0.15) is 0 Å². The molecule has 3 N–H and O–H groups in total. The molecule has 14 heavy (non-hydrogen) atoms. The molecule has 1 amide bonds. The minimum Gasteiger partial charge on any atom is -0.375 e. The standard InChI is InChI=1S/C9H10N2O3/c10-6-8(12)14-9(13)11-7-4-2-1-3-5-7/h1-5H,6,10H2,(H,11,13). The lowest BCUT2D eigenvalue weighted by atomic mass is 10.3. The summed E-state index contributed by atoms with van der Waals surface area (Å²) in [5.41, 5.74) is 5.52. The molecule has 0 aliphatic rings. The number of ether oxygens (including phenoxy) is 1. The molecule has 1 aromatic carbocycles. The molecular formula is C9H10N2O3. The quantitative estimate of drug-likeness (QED) is 0.537. The molecule has 0 bridgehead atoms. The van der Waals surface area contributed by atoms with E-state index in [2.05, 4.69) is 10.1 Å². The van der Waals surface area contributed by atoms with Gasteiger partial charge in [-0.05, 0) is 12.1 Å². The van der Waals surface area contributed by atoms with Crippen LogP contribution in [0.4, 0.5) is 10.5 Å². The molecule has 0 spiro atoms. The summed E-state index contributed by atoms with van der Waals surface area (Å²) >= 11 is 0. The first kappa shape index (κ1) is 10.2. The zero-order valence-electron chi connectivity index (χ0n) is 7.40. The molecule has 74 valence electrons. The van der Waals surface area contributed by atoms with Gasteiger partial charge in [-0.2, -0.15) is 0 Å². The minimum atomic E-state index is -0.827. The van der Waals surface area contributed by atoms with Crippen molar-refractivity contribution in [2.45, 2.75) is 0 Å². The SMILES string of the molecule is NCC(=O)OC(=O)Nc1ccccc1. The molecule has 0 saturated heterocycles. The predicted octanol–water partition coefficient (Wildman–Crippen LogP) is 0.720. The van der Waals surface area contributed by atoms with Gasteiger partial charge in [0.25, 0.3) is 0 Å². The molecule has 1 rings (SSSR count). The third-order valence-electron chi connectivity index (χ3n) is 1.39. The lowest BCUT2D eigenvalue weighted by molar-refractivity contribution is -0.135. The topological polar surface area (TPSA) is 81.4 Å². The number of amides is 1. The highest BCUT2D eigenvalue weighted by molar-refractivity contribution is 5.93. The van der Waals surface area contributed by atoms with Crippen LogP contribution in [0.3, 0.4) is 0 Å². The molecule has 0 fully saturated rings. The Morgan fingerprint density at radius 2 is 1.93 bits per heavy atom. The van der Waals surface area contributed by atoms with E-state index in [0.29, 0.717) is 5.69 Å². The Labute approximate surface area is 80.9 Å². The predicted molar refractivity (Wildman–Crippen MR) is 50.6 cm³/mol. The van der Waals surface area contributed by atoms with Crippen LogP contribution >= 0.6 is 0 Å². The van der Waals surface area contributed by atoms with Crippen molar-refractivity contribution in [3.8, 4) is 0 Å². The number of para-hydroxylation sites is 1. The van der Waals surface area contributed by atoms with Crippen molar-refractivity contribution < 1.29 is 14.3 Å². The number of hydrogen-bond acceptors (Lipinski definition) is 4. The molecule has 0 aromatic heterocycles. The van der Waals surface area contributed by atoms with Crippen molar-refractivity contribution in [2.75, 3.05) is 11.9 Å². The van der Waals surface area contributed by atoms with E-state index in [1.54, 1.807) is 24.3 Å². The zero-order valence-corrected chi connectivity index (χ0v) is 7.40. The van der Waals surface area contributed by atoms with Crippen LogP contribution in [0.15, 0.2) is 30.3 Å². The lowest BCUT2D eigenvalue weighted by Gasteiger charge is -2.03. The number of nitrogens with one attached hydrogen (secondary N) is 1. The van der Waals surface area contributed by atoms with Crippen molar-refractivity contribution in [3.05, 3.63) is 30.3 Å². The summed E-state index contributed by atoms with van der Waals surface area (Å²) in [5, 5.41) is 2.37. The Balaban J connectivity index is 2.46. The molecule has 1 aromatic rings. The monoisotopic (exact) mass is 194 g/mol. The maximum Gasteiger partial charge on any atom is 0.419 e. The molecular weight excluding hydrogens is 184 g/mol. The fourth-order valence-electron chi connectivity index (χ4n) is 0.810. The van der Waals surface area contributed by atoms with Gasteiger partial charge in [0.15, 0.2) is 0 Å². The van der Waals surface area contributed by atoms with Gasteiger partial charge in [0, 0.05) is 5.69 Å². The van der Waals surface area contributed by atoms with E-state index in [4.69, 9.17) is 5.73 Å². The molecule has 0 aliphatic heterocycles. The Morgan fingerprint density at radius 1 is 1.29 bits per heavy atom. The van der Waals surface area contributed by atoms with Crippen LogP contribution in [-0.4, -0.2) is 18.6 Å². The molecule has 0 aliphatic carbocycles. The highest BCUT2D eigenvalue weighted by Gasteiger charge is 2.07. The van der Waals surface area contributed by atoms with E-state index in [1.807, 2.05) is 6.07 Å². The van der Waals surface area contributed by atoms with E-state index in [1.165, 1.54) is 0 Å². The van der Waals surface area contributed by atoms with E-state index in [9.17, 15) is 9.59 Å². The third kappa shape index (κ3) is 3.24. The fourth-order valence-corrected chi connectivity index (χ4v) is 0.810. The van der Waals surface area contributed by atoms with E-state index in [-0.39, 0.29) is 6.54 Å². The van der Waals surface area contributed by atoms with Gasteiger partial charge in [-0.15, -0.1) is 0 Å². The first-order valence-corrected chi connectivity index (χ1v) is 3.99. The van der Waals surface area contributed by atoms with Gasteiger partial charge in [0.05, 0.1) is 6.54 Å². The Morgan fingerprint density at radius 3 is 2.50 bits per heavy atom. The number of rotatable bonds is 2. The summed E-state index contributed by atoms with van der Waals surface area (Å²) in [6.07, 6.45) is -0.827. The van der Waals surface area contributed by atoms with Crippen LogP contribution in [-0.2, 0) is 9.53 Å². The number of nitrogens with two attached hydrogens (primary N) is 1. The van der Waals surface area contributed by atoms with E-state index >= 15 is 0 Å². The maximum atomic E-state index is 11.0. The zero-order chi connectivity index (χ0) is 10.4. The van der Waals surface area contributed by atoms with Crippen LogP contribution in [0.2, 0.25) is 0 Å². The Hall–Kier alpha value is -1.88. The van der Waals surface area contributed by atoms with Gasteiger partial charge in [0.1, 0.15) is 0 Å². The highest BCUT2D eigenvalue weighted by Crippen LogP contribution is 2.04. The van der Waals surface area contributed by atoms with E-state index in [0.717, 1.165) is 0 Å². The highest BCUT2D eigenvalue weighted by atomic mass is 16.6. The number of carbonyl (C=O) groups is 2. The molecule has 0 atom stereocenters. The second-order valence-corrected chi connectivity index (χ2v) is 2.46. The lowest BCUT2D eigenvalue weighted by Crippen LogP contribution is -2.23. The minimum absolute atomic E-state index is 0.317. The van der Waals surface area contributed by atoms with Crippen molar-refractivity contribution in [1.29, 1.82) is 0 Å². The third-order valence-corrected chi connectivity index (χ3v) is 1.39. The summed E-state index contributed by atoms with van der Waals surface area (Å²) in [6.45, 7) is -0.317. The summed E-state index contributed by atoms with van der Waals surface area (Å²) in [7, 11) is 0. The summed E-state index contributed by atoms with van der Waals surface area (Å²) in [6, 6.07) is 8.66. The number of benzene rings is 1. The summed E-state index contributed by atoms with van der Waals surface area (Å²) < 4.78 is 4.29. The summed E-state index contributed by atoms with van der Waals surface area (Å²) in [5.74, 6) is -0.765. The van der Waals surface area contributed by atoms with Gasteiger partial charge in [-0.25, -0.2) is 4.79 Å². The maximum absolute atomic E-state index is 11.0. The van der Waals surface area contributed by atoms with Crippen molar-refractivity contribution in [1.82, 2.24) is 0 Å². The van der Waals surface area contributed by atoms with Crippen LogP contribution < -0.4 is 11.1 Å². The van der Waals surface area contributed by atoms with Crippen molar-refractivity contribution in [3.63, 3.8) is 0 Å². The Kier molecular flexibility index (Phi) is 3.63. The average Bonchev–Trinajstić information content (AvgIpc) is 2.19. The number of carbonyl (C=O) groups excluding carboxylic acids is 2. The van der Waals surface area contributed by atoms with Gasteiger partial charge in [0.2, 0.25) is 0 Å². The van der Waals surface area contributed by atoms with Gasteiger partial charge in [-0.1, -0.05) is 18.2 Å². The van der Waals surface area contributed by atoms with Crippen LogP contribution in [0, 0.1) is 0 Å². The number of esters is 1. The van der Waals surface area contributed by atoms with E-state index < -0.39 is 12.1 Å². The second kappa shape index (κ2) is 4.98. The number of hydrogen-bond donors (Lipinski definition) is 2. The molecule has 0 saturated carbocycles. The second-order valence-electron chi connectivity index (χ2n) is 2.46. The van der Waals surface area contributed by atoms with Crippen molar-refractivity contribution >= 4 is 17.7 Å². The molecule has 0 radical (unpaired) electrons. The molecule has 5 nitrogen and oxygen atoms in total. The first-order chi connectivity index (χ1) is 6.72.